The van der Waals surface area contributed by atoms with Gasteiger partial charge in [-0.05, 0) is 61.2 Å². The molecule has 2 aromatic carbocycles. The van der Waals surface area contributed by atoms with Crippen LogP contribution in [0.3, 0.4) is 0 Å². The Bertz CT molecular complexity index is 1050. The van der Waals surface area contributed by atoms with Gasteiger partial charge < -0.3 is 14.8 Å². The van der Waals surface area contributed by atoms with Crippen molar-refractivity contribution in [1.82, 2.24) is 9.62 Å². The number of nitrogens with zero attached hydrogens (tertiary/aromatic N) is 1. The molecule has 172 valence electrons. The highest BCUT2D eigenvalue weighted by atomic mass is 32.2. The van der Waals surface area contributed by atoms with Crippen LogP contribution in [0.5, 0.6) is 11.5 Å². The van der Waals surface area contributed by atoms with Gasteiger partial charge in [0.15, 0.2) is 11.5 Å². The topological polar surface area (TPSA) is 84.9 Å². The number of nitrogens with one attached hydrogen (secondary N) is 1. The Kier molecular flexibility index (Phi) is 7.01. The van der Waals surface area contributed by atoms with Crippen molar-refractivity contribution in [1.29, 1.82) is 0 Å². The second-order valence-electron chi connectivity index (χ2n) is 8.32. The molecule has 0 unspecified atom stereocenters. The highest BCUT2D eigenvalue weighted by molar-refractivity contribution is 7.89. The molecule has 1 aliphatic carbocycles. The van der Waals surface area contributed by atoms with Crippen molar-refractivity contribution in [2.45, 2.75) is 49.5 Å². The summed E-state index contributed by atoms with van der Waals surface area (Å²) in [4.78, 5) is 12.7. The smallest absolute Gasteiger partial charge is 0.251 e. The Morgan fingerprint density at radius 2 is 1.69 bits per heavy atom. The number of benzene rings is 2. The zero-order valence-corrected chi connectivity index (χ0v) is 19.2. The molecule has 32 heavy (non-hydrogen) atoms. The van der Waals surface area contributed by atoms with E-state index in [0.29, 0.717) is 31.7 Å². The van der Waals surface area contributed by atoms with Gasteiger partial charge in [-0.25, -0.2) is 8.42 Å². The lowest BCUT2D eigenvalue weighted by molar-refractivity contribution is 0.0954. The first-order valence-electron chi connectivity index (χ1n) is 11.2. The van der Waals surface area contributed by atoms with E-state index >= 15 is 0 Å². The minimum atomic E-state index is -3.56. The molecule has 1 heterocycles. The summed E-state index contributed by atoms with van der Waals surface area (Å²) in [7, 11) is -1.91. The predicted molar refractivity (Wildman–Crippen MR) is 122 cm³/mol. The van der Waals surface area contributed by atoms with Crippen molar-refractivity contribution in [3.63, 3.8) is 0 Å². The van der Waals surface area contributed by atoms with Crippen LogP contribution in [0.1, 0.15) is 48.0 Å². The van der Waals surface area contributed by atoms with E-state index in [2.05, 4.69) is 5.32 Å². The monoisotopic (exact) mass is 458 g/mol. The fraction of sp³-hybridized carbons (Fsp3) is 0.458. The average Bonchev–Trinajstić information content (AvgIpc) is 2.84. The van der Waals surface area contributed by atoms with Gasteiger partial charge in [-0.3, -0.25) is 4.79 Å². The Hall–Kier alpha value is -2.58. The molecule has 0 atom stereocenters. The Morgan fingerprint density at radius 3 is 2.41 bits per heavy atom. The summed E-state index contributed by atoms with van der Waals surface area (Å²) in [6.07, 6.45) is 5.76. The summed E-state index contributed by atoms with van der Waals surface area (Å²) in [5.41, 5.74) is 1.48. The van der Waals surface area contributed by atoms with Gasteiger partial charge in [-0.2, -0.15) is 4.31 Å². The summed E-state index contributed by atoms with van der Waals surface area (Å²) < 4.78 is 38.5. The normalized spacial score (nSPS) is 16.7. The van der Waals surface area contributed by atoms with Crippen molar-refractivity contribution in [3.05, 3.63) is 53.6 Å². The van der Waals surface area contributed by atoms with E-state index in [1.54, 1.807) is 19.2 Å². The zero-order valence-electron chi connectivity index (χ0n) is 18.4. The molecule has 0 saturated heterocycles. The highest BCUT2D eigenvalue weighted by Gasteiger charge is 2.29. The standard InChI is InChI=1S/C24H30N2O5S/c1-26(20-5-3-2-4-6-20)32(28,29)21-10-8-19(9-11-21)24(27)25-14-13-18-7-12-22-23(17-18)31-16-15-30-22/h7-12,17,20H,2-6,13-16H2,1H3,(H,25,27). The maximum Gasteiger partial charge on any atom is 0.251 e. The van der Waals surface area contributed by atoms with Gasteiger partial charge in [-0.1, -0.05) is 25.3 Å². The van der Waals surface area contributed by atoms with Crippen LogP contribution in [-0.4, -0.2) is 51.5 Å². The number of amides is 1. The zero-order chi connectivity index (χ0) is 22.6. The first-order chi connectivity index (χ1) is 15.4. The molecule has 1 N–H and O–H groups in total. The summed E-state index contributed by atoms with van der Waals surface area (Å²) in [5.74, 6) is 1.25. The number of fused-ring (bicyclic) bond motifs is 1. The molecule has 0 spiro atoms. The second-order valence-corrected chi connectivity index (χ2v) is 10.3. The fourth-order valence-electron chi connectivity index (χ4n) is 4.25. The second kappa shape index (κ2) is 9.92. The molecule has 8 heteroatoms. The number of carbonyl (C=O) groups is 1. The van der Waals surface area contributed by atoms with Crippen LogP contribution in [0.4, 0.5) is 0 Å². The number of rotatable bonds is 7. The molecule has 1 aliphatic heterocycles. The molecule has 1 saturated carbocycles. The number of sulfonamides is 1. The number of hydrogen-bond acceptors (Lipinski definition) is 5. The largest absolute Gasteiger partial charge is 0.486 e. The molecular formula is C24H30N2O5S. The lowest BCUT2D eigenvalue weighted by Crippen LogP contribution is -2.38. The van der Waals surface area contributed by atoms with Gasteiger partial charge in [0.2, 0.25) is 10.0 Å². The van der Waals surface area contributed by atoms with Crippen LogP contribution < -0.4 is 14.8 Å². The maximum atomic E-state index is 12.9. The van der Waals surface area contributed by atoms with Crippen molar-refractivity contribution in [2.75, 3.05) is 26.8 Å². The Morgan fingerprint density at radius 1 is 1.00 bits per heavy atom. The maximum absolute atomic E-state index is 12.9. The van der Waals surface area contributed by atoms with Gasteiger partial charge in [0, 0.05) is 25.2 Å². The van der Waals surface area contributed by atoms with Crippen LogP contribution >= 0.6 is 0 Å². The van der Waals surface area contributed by atoms with Crippen molar-refractivity contribution < 1.29 is 22.7 Å². The first-order valence-corrected chi connectivity index (χ1v) is 12.6. The molecule has 4 rings (SSSR count). The molecule has 7 nitrogen and oxygen atoms in total. The summed E-state index contributed by atoms with van der Waals surface area (Å²) in [5, 5.41) is 2.89. The third-order valence-electron chi connectivity index (χ3n) is 6.19. The molecule has 0 radical (unpaired) electrons. The van der Waals surface area contributed by atoms with Crippen LogP contribution in [0.25, 0.3) is 0 Å². The van der Waals surface area contributed by atoms with Gasteiger partial charge in [0.1, 0.15) is 13.2 Å². The highest BCUT2D eigenvalue weighted by Crippen LogP contribution is 2.31. The van der Waals surface area contributed by atoms with Crippen molar-refractivity contribution >= 4 is 15.9 Å². The molecule has 1 fully saturated rings. The number of carbonyl (C=O) groups excluding carboxylic acids is 1. The van der Waals surface area contributed by atoms with Crippen LogP contribution in [0.2, 0.25) is 0 Å². The van der Waals surface area contributed by atoms with E-state index in [4.69, 9.17) is 9.47 Å². The van der Waals surface area contributed by atoms with E-state index in [1.807, 2.05) is 18.2 Å². The van der Waals surface area contributed by atoms with Crippen molar-refractivity contribution in [3.8, 4) is 11.5 Å². The average molecular weight is 459 g/mol. The molecular weight excluding hydrogens is 428 g/mol. The Balaban J connectivity index is 1.32. The minimum Gasteiger partial charge on any atom is -0.486 e. The molecule has 1 amide bonds. The van der Waals surface area contributed by atoms with Gasteiger partial charge in [0.05, 0.1) is 4.90 Å². The fourth-order valence-corrected chi connectivity index (χ4v) is 5.67. The third-order valence-corrected chi connectivity index (χ3v) is 8.11. The van der Waals surface area contributed by atoms with Crippen LogP contribution in [0, 0.1) is 0 Å². The van der Waals surface area contributed by atoms with Crippen LogP contribution in [-0.2, 0) is 16.4 Å². The van der Waals surface area contributed by atoms with Gasteiger partial charge in [0.25, 0.3) is 5.91 Å². The molecule has 0 aromatic heterocycles. The summed E-state index contributed by atoms with van der Waals surface area (Å²) >= 11 is 0. The van der Waals surface area contributed by atoms with Crippen molar-refractivity contribution in [2.24, 2.45) is 0 Å². The van der Waals surface area contributed by atoms with Crippen LogP contribution in [0.15, 0.2) is 47.4 Å². The van der Waals surface area contributed by atoms with E-state index in [0.717, 1.165) is 42.7 Å². The lowest BCUT2D eigenvalue weighted by atomic mass is 9.96. The summed E-state index contributed by atoms with van der Waals surface area (Å²) in [6, 6.07) is 12.0. The first kappa shape index (κ1) is 22.6. The van der Waals surface area contributed by atoms with E-state index in [9.17, 15) is 13.2 Å². The molecule has 0 bridgehead atoms. The predicted octanol–water partition coefficient (Wildman–Crippen LogP) is 3.38. The Labute approximate surface area is 189 Å². The lowest BCUT2D eigenvalue weighted by Gasteiger charge is -2.30. The number of hydrogen-bond donors (Lipinski definition) is 1. The van der Waals surface area contributed by atoms with Gasteiger partial charge >= 0.3 is 0 Å². The van der Waals surface area contributed by atoms with Gasteiger partial charge in [-0.15, -0.1) is 0 Å². The molecule has 2 aromatic rings. The van der Waals surface area contributed by atoms with E-state index < -0.39 is 10.0 Å². The van der Waals surface area contributed by atoms with E-state index in [1.165, 1.54) is 22.9 Å². The summed E-state index contributed by atoms with van der Waals surface area (Å²) in [6.45, 7) is 1.55. The molecule has 2 aliphatic rings. The van der Waals surface area contributed by atoms with E-state index in [-0.39, 0.29) is 16.8 Å². The minimum absolute atomic E-state index is 0.0530. The SMILES string of the molecule is CN(C1CCCCC1)S(=O)(=O)c1ccc(C(=O)NCCc2ccc3c(c2)OCCO3)cc1. The third kappa shape index (κ3) is 5.07. The number of ether oxygens (including phenoxy) is 2. The quantitative estimate of drug-likeness (QED) is 0.688.